The fourth-order valence-corrected chi connectivity index (χ4v) is 2.05. The molecule has 20 heavy (non-hydrogen) atoms. The van der Waals surface area contributed by atoms with Crippen LogP contribution in [0, 0.1) is 12.8 Å². The lowest BCUT2D eigenvalue weighted by molar-refractivity contribution is -0.144. The van der Waals surface area contributed by atoms with E-state index in [0.717, 1.165) is 16.5 Å². The second-order valence-corrected chi connectivity index (χ2v) is 5.68. The van der Waals surface area contributed by atoms with Crippen LogP contribution in [0.1, 0.15) is 36.2 Å². The van der Waals surface area contributed by atoms with Crippen molar-refractivity contribution in [3.8, 4) is 0 Å². The van der Waals surface area contributed by atoms with E-state index >= 15 is 0 Å². The van der Waals surface area contributed by atoms with Gasteiger partial charge >= 0.3 is 5.97 Å². The van der Waals surface area contributed by atoms with Crippen LogP contribution in [0.3, 0.4) is 0 Å². The Bertz CT molecular complexity index is 502. The highest BCUT2D eigenvalue weighted by molar-refractivity contribution is 9.10. The van der Waals surface area contributed by atoms with E-state index in [1.165, 1.54) is 7.11 Å². The summed E-state index contributed by atoms with van der Waals surface area (Å²) in [6.07, 6.45) is 0.777. The van der Waals surface area contributed by atoms with Crippen LogP contribution in [0.5, 0.6) is 0 Å². The summed E-state index contributed by atoms with van der Waals surface area (Å²) in [5.74, 6) is -0.666. The largest absolute Gasteiger partial charge is 0.467 e. The molecule has 1 aromatic carbocycles. The van der Waals surface area contributed by atoms with E-state index < -0.39 is 12.0 Å². The van der Waals surface area contributed by atoms with E-state index in [9.17, 15) is 9.59 Å². The van der Waals surface area contributed by atoms with Gasteiger partial charge in [-0.25, -0.2) is 4.79 Å². The second-order valence-electron chi connectivity index (χ2n) is 4.82. The van der Waals surface area contributed by atoms with Crippen LogP contribution in [0.4, 0.5) is 0 Å². The fourth-order valence-electron chi connectivity index (χ4n) is 1.81. The van der Waals surface area contributed by atoms with Gasteiger partial charge in [0.05, 0.1) is 7.11 Å². The number of halogens is 1. The van der Waals surface area contributed by atoms with Gasteiger partial charge in [-0.3, -0.25) is 4.79 Å². The predicted molar refractivity (Wildman–Crippen MR) is 81.6 cm³/mol. The molecule has 0 fully saturated rings. The van der Waals surface area contributed by atoms with Crippen molar-refractivity contribution in [1.29, 1.82) is 0 Å². The first-order valence-corrected chi connectivity index (χ1v) is 7.34. The molecule has 0 aliphatic carbocycles. The molecular formula is C15H20BrNO3. The summed E-state index contributed by atoms with van der Waals surface area (Å²) < 4.78 is 5.70. The number of hydrogen-bond donors (Lipinski definition) is 1. The SMILES string of the molecule is CCC(C)C(NC(=O)c1ccc(Br)c(C)c1)C(=O)OC. The van der Waals surface area contributed by atoms with Gasteiger partial charge in [-0.05, 0) is 36.6 Å². The first-order valence-electron chi connectivity index (χ1n) is 6.55. The van der Waals surface area contributed by atoms with Gasteiger partial charge in [-0.15, -0.1) is 0 Å². The van der Waals surface area contributed by atoms with Crippen LogP contribution < -0.4 is 5.32 Å². The molecule has 1 N–H and O–H groups in total. The number of benzene rings is 1. The predicted octanol–water partition coefficient (Wildman–Crippen LogP) is 3.08. The summed E-state index contributed by atoms with van der Waals surface area (Å²) in [5.41, 5.74) is 1.50. The van der Waals surface area contributed by atoms with Crippen molar-refractivity contribution in [3.63, 3.8) is 0 Å². The molecule has 0 heterocycles. The van der Waals surface area contributed by atoms with Crippen molar-refractivity contribution in [2.45, 2.75) is 33.2 Å². The van der Waals surface area contributed by atoms with Crippen molar-refractivity contribution in [2.24, 2.45) is 5.92 Å². The van der Waals surface area contributed by atoms with Crippen LogP contribution in [0.25, 0.3) is 0 Å². The molecule has 0 aromatic heterocycles. The number of amides is 1. The number of carbonyl (C=O) groups is 2. The first kappa shape index (κ1) is 16.7. The summed E-state index contributed by atoms with van der Waals surface area (Å²) in [6, 6.07) is 4.70. The van der Waals surface area contributed by atoms with Gasteiger partial charge in [0.15, 0.2) is 0 Å². The first-order chi connectivity index (χ1) is 9.40. The maximum absolute atomic E-state index is 12.2. The van der Waals surface area contributed by atoms with Gasteiger partial charge in [0.25, 0.3) is 5.91 Å². The number of carbonyl (C=O) groups excluding carboxylic acids is 2. The Balaban J connectivity index is 2.90. The highest BCUT2D eigenvalue weighted by Crippen LogP contribution is 2.17. The van der Waals surface area contributed by atoms with Crippen LogP contribution >= 0.6 is 15.9 Å². The van der Waals surface area contributed by atoms with Crippen molar-refractivity contribution >= 4 is 27.8 Å². The summed E-state index contributed by atoms with van der Waals surface area (Å²) in [4.78, 5) is 24.0. The van der Waals surface area contributed by atoms with Gasteiger partial charge in [0, 0.05) is 10.0 Å². The quantitative estimate of drug-likeness (QED) is 0.837. The smallest absolute Gasteiger partial charge is 0.328 e. The Morgan fingerprint density at radius 2 is 2.05 bits per heavy atom. The van der Waals surface area contributed by atoms with Gasteiger partial charge < -0.3 is 10.1 Å². The zero-order valence-corrected chi connectivity index (χ0v) is 13.8. The van der Waals surface area contributed by atoms with E-state index in [1.54, 1.807) is 12.1 Å². The third-order valence-corrected chi connectivity index (χ3v) is 4.26. The number of ether oxygens (including phenoxy) is 1. The van der Waals surface area contributed by atoms with Gasteiger partial charge in [-0.1, -0.05) is 36.2 Å². The second kappa shape index (κ2) is 7.43. The van der Waals surface area contributed by atoms with Crippen LogP contribution in [0.2, 0.25) is 0 Å². The third kappa shape index (κ3) is 4.07. The minimum Gasteiger partial charge on any atom is -0.467 e. The van der Waals surface area contributed by atoms with Crippen molar-refractivity contribution in [2.75, 3.05) is 7.11 Å². The maximum Gasteiger partial charge on any atom is 0.328 e. The molecule has 1 amide bonds. The Hall–Kier alpha value is -1.36. The standard InChI is InChI=1S/C15H20BrNO3/c1-5-9(2)13(15(19)20-4)17-14(18)11-6-7-12(16)10(3)8-11/h6-9,13H,5H2,1-4H3,(H,17,18). The van der Waals surface area contributed by atoms with E-state index in [1.807, 2.05) is 26.8 Å². The van der Waals surface area contributed by atoms with Crippen molar-refractivity contribution < 1.29 is 14.3 Å². The Kier molecular flexibility index (Phi) is 6.20. The topological polar surface area (TPSA) is 55.4 Å². The number of esters is 1. The zero-order valence-electron chi connectivity index (χ0n) is 12.2. The molecule has 110 valence electrons. The lowest BCUT2D eigenvalue weighted by Crippen LogP contribution is -2.45. The average molecular weight is 342 g/mol. The number of rotatable bonds is 5. The molecule has 0 bridgehead atoms. The van der Waals surface area contributed by atoms with E-state index in [0.29, 0.717) is 5.56 Å². The highest BCUT2D eigenvalue weighted by Gasteiger charge is 2.27. The van der Waals surface area contributed by atoms with Crippen LogP contribution in [0.15, 0.2) is 22.7 Å². The number of hydrogen-bond acceptors (Lipinski definition) is 3. The maximum atomic E-state index is 12.2. The molecule has 0 spiro atoms. The molecule has 0 saturated heterocycles. The summed E-state index contributed by atoms with van der Waals surface area (Å²) in [5, 5.41) is 2.75. The third-order valence-electron chi connectivity index (χ3n) is 3.37. The van der Waals surface area contributed by atoms with Gasteiger partial charge in [0.2, 0.25) is 0 Å². The minimum atomic E-state index is -0.624. The molecular weight excluding hydrogens is 322 g/mol. The van der Waals surface area contributed by atoms with E-state index in [-0.39, 0.29) is 11.8 Å². The summed E-state index contributed by atoms with van der Waals surface area (Å²) >= 11 is 3.39. The monoisotopic (exact) mass is 341 g/mol. The molecule has 2 unspecified atom stereocenters. The van der Waals surface area contributed by atoms with Crippen LogP contribution in [-0.4, -0.2) is 25.0 Å². The molecule has 5 heteroatoms. The van der Waals surface area contributed by atoms with Crippen molar-refractivity contribution in [3.05, 3.63) is 33.8 Å². The van der Waals surface area contributed by atoms with E-state index in [4.69, 9.17) is 4.74 Å². The molecule has 1 rings (SSSR count). The average Bonchev–Trinajstić information content (AvgIpc) is 2.45. The normalized spacial score (nSPS) is 13.4. The van der Waals surface area contributed by atoms with Gasteiger partial charge in [0.1, 0.15) is 6.04 Å². The molecule has 0 saturated carbocycles. The molecule has 0 aliphatic rings. The highest BCUT2D eigenvalue weighted by atomic mass is 79.9. The minimum absolute atomic E-state index is 0.0166. The molecule has 2 atom stereocenters. The molecule has 1 aromatic rings. The summed E-state index contributed by atoms with van der Waals surface area (Å²) in [7, 11) is 1.33. The number of aryl methyl sites for hydroxylation is 1. The number of nitrogens with one attached hydrogen (secondary N) is 1. The Morgan fingerprint density at radius 3 is 2.55 bits per heavy atom. The fraction of sp³-hybridized carbons (Fsp3) is 0.467. The van der Waals surface area contributed by atoms with Crippen LogP contribution in [-0.2, 0) is 9.53 Å². The number of methoxy groups -OCH3 is 1. The Labute approximate surface area is 128 Å². The Morgan fingerprint density at radius 1 is 1.40 bits per heavy atom. The molecule has 0 radical (unpaired) electrons. The van der Waals surface area contributed by atoms with Gasteiger partial charge in [-0.2, -0.15) is 0 Å². The van der Waals surface area contributed by atoms with Crippen molar-refractivity contribution in [1.82, 2.24) is 5.32 Å². The summed E-state index contributed by atoms with van der Waals surface area (Å²) in [6.45, 7) is 5.79. The van der Waals surface area contributed by atoms with E-state index in [2.05, 4.69) is 21.2 Å². The lowest BCUT2D eigenvalue weighted by Gasteiger charge is -2.22. The lowest BCUT2D eigenvalue weighted by atomic mass is 9.98. The molecule has 0 aliphatic heterocycles. The zero-order chi connectivity index (χ0) is 15.3. The molecule has 4 nitrogen and oxygen atoms in total.